The number of carbonyl (C=O) groups excluding carboxylic acids is 1. The Bertz CT molecular complexity index is 1040. The zero-order chi connectivity index (χ0) is 21.3. The molecule has 3 aromatic rings. The first kappa shape index (κ1) is 20.5. The molecule has 1 aromatic carbocycles. The topological polar surface area (TPSA) is 69.0 Å². The summed E-state index contributed by atoms with van der Waals surface area (Å²) in [6, 6.07) is 10.4. The Morgan fingerprint density at radius 2 is 2.03 bits per heavy atom. The number of aryl methyl sites for hydroxylation is 2. The highest BCUT2D eigenvalue weighted by molar-refractivity contribution is 6.05. The summed E-state index contributed by atoms with van der Waals surface area (Å²) >= 11 is 0. The lowest BCUT2D eigenvalue weighted by Crippen LogP contribution is -2.43. The molecule has 0 unspecified atom stereocenters. The van der Waals surface area contributed by atoms with Gasteiger partial charge in [-0.1, -0.05) is 43.7 Å². The fourth-order valence-corrected chi connectivity index (χ4v) is 4.03. The minimum Gasteiger partial charge on any atom is -0.378 e. The van der Waals surface area contributed by atoms with Crippen LogP contribution < -0.4 is 5.32 Å². The third-order valence-electron chi connectivity index (χ3n) is 5.83. The molecule has 1 fully saturated rings. The predicted molar refractivity (Wildman–Crippen MR) is 118 cm³/mol. The summed E-state index contributed by atoms with van der Waals surface area (Å²) in [6.07, 6.45) is 3.64. The lowest BCUT2D eigenvalue weighted by atomic mass is 9.95. The van der Waals surface area contributed by atoms with Gasteiger partial charge in [-0.2, -0.15) is 5.10 Å². The van der Waals surface area contributed by atoms with Gasteiger partial charge in [-0.3, -0.25) is 4.79 Å². The SMILES string of the molecule is Cc1ccc(Cn2ncc3c(C(=O)N[C@H]4CCO[C@@H](C(C)C)C4)cc(C)nc32)cc1. The van der Waals surface area contributed by atoms with E-state index in [1.54, 1.807) is 6.20 Å². The number of amides is 1. The standard InChI is InChI=1S/C24H30N4O2/c1-15(2)22-12-19(9-10-30-22)27-24(29)20-11-17(4)26-23-21(20)13-25-28(23)14-18-7-5-16(3)6-8-18/h5-8,11,13,15,19,22H,9-10,12,14H2,1-4H3,(H,27,29)/t19-,22+/m0/s1. The van der Waals surface area contributed by atoms with E-state index in [0.717, 1.165) is 35.1 Å². The molecule has 1 N–H and O–H groups in total. The maximum atomic E-state index is 13.1. The summed E-state index contributed by atoms with van der Waals surface area (Å²) in [5, 5.41) is 8.54. The second-order valence-corrected chi connectivity index (χ2v) is 8.68. The molecular formula is C24H30N4O2. The molecule has 2 aromatic heterocycles. The van der Waals surface area contributed by atoms with Crippen molar-refractivity contribution in [1.29, 1.82) is 0 Å². The summed E-state index contributed by atoms with van der Waals surface area (Å²) < 4.78 is 7.71. The third-order valence-corrected chi connectivity index (χ3v) is 5.83. The van der Waals surface area contributed by atoms with Gasteiger partial charge in [-0.25, -0.2) is 9.67 Å². The van der Waals surface area contributed by atoms with Crippen molar-refractivity contribution in [3.63, 3.8) is 0 Å². The number of benzene rings is 1. The van der Waals surface area contributed by atoms with E-state index < -0.39 is 0 Å². The van der Waals surface area contributed by atoms with Gasteiger partial charge in [0, 0.05) is 18.3 Å². The van der Waals surface area contributed by atoms with Crippen LogP contribution >= 0.6 is 0 Å². The first-order valence-corrected chi connectivity index (χ1v) is 10.7. The molecule has 3 heterocycles. The Kier molecular flexibility index (Phi) is 5.86. The van der Waals surface area contributed by atoms with Crippen molar-refractivity contribution >= 4 is 16.9 Å². The number of pyridine rings is 1. The largest absolute Gasteiger partial charge is 0.378 e. The van der Waals surface area contributed by atoms with Crippen molar-refractivity contribution in [2.75, 3.05) is 6.61 Å². The van der Waals surface area contributed by atoms with E-state index in [0.29, 0.717) is 24.6 Å². The molecule has 1 saturated heterocycles. The number of fused-ring (bicyclic) bond motifs is 1. The van der Waals surface area contributed by atoms with E-state index in [-0.39, 0.29) is 18.1 Å². The van der Waals surface area contributed by atoms with Crippen LogP contribution in [0.4, 0.5) is 0 Å². The van der Waals surface area contributed by atoms with E-state index in [4.69, 9.17) is 4.74 Å². The summed E-state index contributed by atoms with van der Waals surface area (Å²) in [4.78, 5) is 17.8. The Hall–Kier alpha value is -2.73. The molecule has 1 aliphatic rings. The highest BCUT2D eigenvalue weighted by Crippen LogP contribution is 2.23. The molecule has 0 radical (unpaired) electrons. The van der Waals surface area contributed by atoms with E-state index in [1.165, 1.54) is 5.56 Å². The van der Waals surface area contributed by atoms with Gasteiger partial charge in [-0.05, 0) is 44.2 Å². The van der Waals surface area contributed by atoms with Crippen molar-refractivity contribution in [1.82, 2.24) is 20.1 Å². The van der Waals surface area contributed by atoms with Crippen LogP contribution in [0.1, 0.15) is 53.9 Å². The maximum absolute atomic E-state index is 13.1. The highest BCUT2D eigenvalue weighted by Gasteiger charge is 2.27. The fourth-order valence-electron chi connectivity index (χ4n) is 4.03. The molecule has 4 rings (SSSR count). The Balaban J connectivity index is 1.57. The van der Waals surface area contributed by atoms with Gasteiger partial charge in [0.1, 0.15) is 0 Å². The minimum atomic E-state index is -0.0604. The second-order valence-electron chi connectivity index (χ2n) is 8.68. The first-order chi connectivity index (χ1) is 14.4. The minimum absolute atomic E-state index is 0.0604. The smallest absolute Gasteiger partial charge is 0.252 e. The highest BCUT2D eigenvalue weighted by atomic mass is 16.5. The summed E-state index contributed by atoms with van der Waals surface area (Å²) in [5.41, 5.74) is 4.57. The molecule has 6 nitrogen and oxygen atoms in total. The molecule has 0 spiro atoms. The van der Waals surface area contributed by atoms with Gasteiger partial charge in [0.15, 0.2) is 5.65 Å². The molecule has 0 aliphatic carbocycles. The van der Waals surface area contributed by atoms with Crippen molar-refractivity contribution in [2.45, 2.75) is 59.2 Å². The lowest BCUT2D eigenvalue weighted by molar-refractivity contribution is -0.0233. The van der Waals surface area contributed by atoms with E-state index in [2.05, 4.69) is 60.4 Å². The number of ether oxygens (including phenoxy) is 1. The van der Waals surface area contributed by atoms with Crippen LogP contribution in [0.5, 0.6) is 0 Å². The Morgan fingerprint density at radius 1 is 1.27 bits per heavy atom. The van der Waals surface area contributed by atoms with Gasteiger partial charge in [-0.15, -0.1) is 0 Å². The van der Waals surface area contributed by atoms with Crippen LogP contribution in [-0.4, -0.2) is 39.4 Å². The summed E-state index contributed by atoms with van der Waals surface area (Å²) in [7, 11) is 0. The van der Waals surface area contributed by atoms with Crippen molar-refractivity contribution in [3.05, 3.63) is 58.9 Å². The van der Waals surface area contributed by atoms with Gasteiger partial charge in [0.25, 0.3) is 5.91 Å². The first-order valence-electron chi connectivity index (χ1n) is 10.7. The monoisotopic (exact) mass is 406 g/mol. The molecular weight excluding hydrogens is 376 g/mol. The summed E-state index contributed by atoms with van der Waals surface area (Å²) in [5.74, 6) is 0.384. The number of aromatic nitrogens is 3. The van der Waals surface area contributed by atoms with Crippen LogP contribution in [0.3, 0.4) is 0 Å². The summed E-state index contributed by atoms with van der Waals surface area (Å²) in [6.45, 7) is 9.62. The van der Waals surface area contributed by atoms with Crippen LogP contribution in [0.15, 0.2) is 36.5 Å². The van der Waals surface area contributed by atoms with Gasteiger partial charge in [0.2, 0.25) is 0 Å². The fraction of sp³-hybridized carbons (Fsp3) is 0.458. The van der Waals surface area contributed by atoms with Gasteiger partial charge >= 0.3 is 0 Å². The number of carbonyl (C=O) groups is 1. The molecule has 0 saturated carbocycles. The number of nitrogens with zero attached hydrogens (tertiary/aromatic N) is 3. The zero-order valence-electron chi connectivity index (χ0n) is 18.2. The lowest BCUT2D eigenvalue weighted by Gasteiger charge is -2.32. The van der Waals surface area contributed by atoms with Crippen LogP contribution in [0.2, 0.25) is 0 Å². The number of hydrogen-bond acceptors (Lipinski definition) is 4. The van der Waals surface area contributed by atoms with E-state index in [9.17, 15) is 4.79 Å². The Morgan fingerprint density at radius 3 is 2.77 bits per heavy atom. The van der Waals surface area contributed by atoms with Crippen LogP contribution in [0, 0.1) is 19.8 Å². The number of nitrogens with one attached hydrogen (secondary N) is 1. The molecule has 30 heavy (non-hydrogen) atoms. The third kappa shape index (κ3) is 4.38. The van der Waals surface area contributed by atoms with Crippen molar-refractivity contribution in [2.24, 2.45) is 5.92 Å². The van der Waals surface area contributed by atoms with Gasteiger partial charge in [0.05, 0.1) is 29.8 Å². The van der Waals surface area contributed by atoms with E-state index >= 15 is 0 Å². The quantitative estimate of drug-likeness (QED) is 0.695. The predicted octanol–water partition coefficient (Wildman–Crippen LogP) is 4.03. The molecule has 2 atom stereocenters. The number of hydrogen-bond donors (Lipinski definition) is 1. The average molecular weight is 407 g/mol. The molecule has 1 aliphatic heterocycles. The second kappa shape index (κ2) is 8.56. The normalized spacial score (nSPS) is 19.4. The molecule has 0 bridgehead atoms. The van der Waals surface area contributed by atoms with Crippen molar-refractivity contribution in [3.8, 4) is 0 Å². The zero-order valence-corrected chi connectivity index (χ0v) is 18.2. The van der Waals surface area contributed by atoms with Crippen LogP contribution in [0.25, 0.3) is 11.0 Å². The van der Waals surface area contributed by atoms with E-state index in [1.807, 2.05) is 17.7 Å². The molecule has 6 heteroatoms. The average Bonchev–Trinajstić information content (AvgIpc) is 3.11. The maximum Gasteiger partial charge on any atom is 0.252 e. The van der Waals surface area contributed by atoms with Crippen molar-refractivity contribution < 1.29 is 9.53 Å². The molecule has 1 amide bonds. The number of rotatable bonds is 5. The van der Waals surface area contributed by atoms with Crippen LogP contribution in [-0.2, 0) is 11.3 Å². The van der Waals surface area contributed by atoms with Gasteiger partial charge < -0.3 is 10.1 Å². The molecule has 158 valence electrons. The Labute approximate surface area is 177 Å².